The molecule has 1 heterocycles. The Labute approximate surface area is 127 Å². The average molecular weight is 293 g/mol. The van der Waals surface area contributed by atoms with Crippen molar-refractivity contribution < 1.29 is 9.84 Å². The highest BCUT2D eigenvalue weighted by Crippen LogP contribution is 2.30. The molecule has 0 radical (unpaired) electrons. The van der Waals surface area contributed by atoms with E-state index in [9.17, 15) is 5.11 Å². The van der Waals surface area contributed by atoms with E-state index in [-0.39, 0.29) is 17.7 Å². The van der Waals surface area contributed by atoms with Crippen LogP contribution in [0.5, 0.6) is 5.88 Å². The first kappa shape index (κ1) is 15.9. The molecule has 21 heavy (non-hydrogen) atoms. The second-order valence-electron chi connectivity index (χ2n) is 6.81. The number of rotatable bonds is 3. The maximum Gasteiger partial charge on any atom is 0.239 e. The lowest BCUT2D eigenvalue weighted by molar-refractivity contribution is 0.105. The smallest absolute Gasteiger partial charge is 0.239 e. The Kier molecular flexibility index (Phi) is 4.61. The summed E-state index contributed by atoms with van der Waals surface area (Å²) in [5.74, 6) is 1.24. The molecular formula is C16H27N3O2. The highest BCUT2D eigenvalue weighted by Gasteiger charge is 2.28. The Morgan fingerprint density at radius 3 is 2.57 bits per heavy atom. The van der Waals surface area contributed by atoms with Crippen LogP contribution >= 0.6 is 0 Å². The number of hydrogen-bond acceptors (Lipinski definition) is 5. The summed E-state index contributed by atoms with van der Waals surface area (Å²) < 4.78 is 5.81. The molecule has 1 aromatic rings. The Bertz CT molecular complexity index is 485. The summed E-state index contributed by atoms with van der Waals surface area (Å²) in [6.45, 7) is 5.90. The first-order valence-electron chi connectivity index (χ1n) is 7.64. The molecule has 118 valence electrons. The van der Waals surface area contributed by atoms with Crippen molar-refractivity contribution >= 4 is 11.5 Å². The molecule has 1 fully saturated rings. The number of ether oxygens (including phenoxy) is 1. The van der Waals surface area contributed by atoms with Crippen LogP contribution in [0.25, 0.3) is 0 Å². The van der Waals surface area contributed by atoms with Gasteiger partial charge >= 0.3 is 0 Å². The normalized spacial score (nSPS) is 22.9. The van der Waals surface area contributed by atoms with Gasteiger partial charge in [0.2, 0.25) is 5.88 Å². The molecule has 1 aliphatic carbocycles. The Morgan fingerprint density at radius 2 is 1.95 bits per heavy atom. The molecule has 1 aromatic heterocycles. The van der Waals surface area contributed by atoms with Crippen molar-refractivity contribution in [2.45, 2.75) is 64.2 Å². The molecule has 0 aliphatic heterocycles. The summed E-state index contributed by atoms with van der Waals surface area (Å²) in [4.78, 5) is 6.58. The zero-order valence-corrected chi connectivity index (χ0v) is 13.5. The number of nitrogens with zero attached hydrogens (tertiary/aromatic N) is 2. The van der Waals surface area contributed by atoms with Crippen LogP contribution in [0, 0.1) is 0 Å². The SMILES string of the molecule is CN(c1ccc(N)c(OC(C)(C)C)n1)C1CCCCC1O. The van der Waals surface area contributed by atoms with Gasteiger partial charge in [-0.15, -0.1) is 0 Å². The van der Waals surface area contributed by atoms with E-state index in [0.717, 1.165) is 31.5 Å². The van der Waals surface area contributed by atoms with E-state index in [4.69, 9.17) is 10.5 Å². The number of hydrogen-bond donors (Lipinski definition) is 2. The first-order chi connectivity index (χ1) is 9.78. The predicted octanol–water partition coefficient (Wildman–Crippen LogP) is 2.58. The molecule has 5 heteroatoms. The van der Waals surface area contributed by atoms with Crippen molar-refractivity contribution in [1.29, 1.82) is 0 Å². The molecule has 0 spiro atoms. The van der Waals surface area contributed by atoms with Gasteiger partial charge in [0, 0.05) is 7.05 Å². The topological polar surface area (TPSA) is 71.6 Å². The first-order valence-corrected chi connectivity index (χ1v) is 7.64. The third kappa shape index (κ3) is 4.00. The maximum absolute atomic E-state index is 10.2. The van der Waals surface area contributed by atoms with Gasteiger partial charge in [-0.25, -0.2) is 0 Å². The van der Waals surface area contributed by atoms with Crippen LogP contribution < -0.4 is 15.4 Å². The number of pyridine rings is 1. The van der Waals surface area contributed by atoms with Crippen LogP contribution in [0.4, 0.5) is 11.5 Å². The summed E-state index contributed by atoms with van der Waals surface area (Å²) in [7, 11) is 1.97. The number of nitrogens with two attached hydrogens (primary N) is 1. The Hall–Kier alpha value is -1.49. The summed E-state index contributed by atoms with van der Waals surface area (Å²) in [6.07, 6.45) is 3.79. The number of aromatic nitrogens is 1. The summed E-state index contributed by atoms with van der Waals surface area (Å²) >= 11 is 0. The van der Waals surface area contributed by atoms with Crippen molar-refractivity contribution in [3.63, 3.8) is 0 Å². The maximum atomic E-state index is 10.2. The van der Waals surface area contributed by atoms with Crippen molar-refractivity contribution in [3.05, 3.63) is 12.1 Å². The lowest BCUT2D eigenvalue weighted by Gasteiger charge is -2.36. The largest absolute Gasteiger partial charge is 0.470 e. The van der Waals surface area contributed by atoms with Crippen molar-refractivity contribution in [2.75, 3.05) is 17.7 Å². The minimum absolute atomic E-state index is 0.109. The van der Waals surface area contributed by atoms with Gasteiger partial charge in [-0.3, -0.25) is 0 Å². The van der Waals surface area contributed by atoms with Crippen LogP contribution in [0.2, 0.25) is 0 Å². The fourth-order valence-electron chi connectivity index (χ4n) is 2.72. The van der Waals surface area contributed by atoms with Crippen LogP contribution in [-0.2, 0) is 0 Å². The quantitative estimate of drug-likeness (QED) is 0.896. The standard InChI is InChI=1S/C16H27N3O2/c1-16(2,3)21-15-11(17)9-10-14(18-15)19(4)12-7-5-6-8-13(12)20/h9-10,12-13,20H,5-8,17H2,1-4H3. The summed E-state index contributed by atoms with van der Waals surface area (Å²) in [6, 6.07) is 3.80. The second-order valence-corrected chi connectivity index (χ2v) is 6.81. The molecule has 0 aromatic carbocycles. The minimum atomic E-state index is -0.345. The van der Waals surface area contributed by atoms with E-state index in [1.165, 1.54) is 0 Å². The molecule has 2 rings (SSSR count). The van der Waals surface area contributed by atoms with Gasteiger partial charge in [0.25, 0.3) is 0 Å². The van der Waals surface area contributed by atoms with Crippen LogP contribution in [0.3, 0.4) is 0 Å². The van der Waals surface area contributed by atoms with Gasteiger partial charge in [-0.1, -0.05) is 12.8 Å². The molecule has 2 unspecified atom stereocenters. The number of aliphatic hydroxyl groups is 1. The highest BCUT2D eigenvalue weighted by atomic mass is 16.5. The van der Waals surface area contributed by atoms with Gasteiger partial charge in [0.1, 0.15) is 11.4 Å². The fourth-order valence-corrected chi connectivity index (χ4v) is 2.72. The van der Waals surface area contributed by atoms with E-state index in [0.29, 0.717) is 11.6 Å². The molecule has 0 saturated heterocycles. The molecule has 1 saturated carbocycles. The summed E-state index contributed by atoms with van der Waals surface area (Å²) in [5.41, 5.74) is 6.14. The van der Waals surface area contributed by atoms with E-state index >= 15 is 0 Å². The van der Waals surface area contributed by atoms with E-state index in [2.05, 4.69) is 4.98 Å². The van der Waals surface area contributed by atoms with Gasteiger partial charge in [0.05, 0.1) is 17.8 Å². The fraction of sp³-hybridized carbons (Fsp3) is 0.688. The average Bonchev–Trinajstić information content (AvgIpc) is 2.39. The van der Waals surface area contributed by atoms with Crippen LogP contribution in [0.1, 0.15) is 46.5 Å². The van der Waals surface area contributed by atoms with Crippen LogP contribution in [0.15, 0.2) is 12.1 Å². The zero-order valence-electron chi connectivity index (χ0n) is 13.5. The van der Waals surface area contributed by atoms with Gasteiger partial charge in [-0.2, -0.15) is 4.98 Å². The van der Waals surface area contributed by atoms with Gasteiger partial charge in [-0.05, 0) is 45.7 Å². The van der Waals surface area contributed by atoms with E-state index in [1.807, 2.05) is 44.9 Å². The zero-order chi connectivity index (χ0) is 15.6. The van der Waals surface area contributed by atoms with Gasteiger partial charge in [0.15, 0.2) is 0 Å². The number of nitrogen functional groups attached to an aromatic ring is 1. The third-order valence-electron chi connectivity index (χ3n) is 3.83. The number of anilines is 2. The van der Waals surface area contributed by atoms with E-state index in [1.54, 1.807) is 0 Å². The third-order valence-corrected chi connectivity index (χ3v) is 3.83. The highest BCUT2D eigenvalue weighted by molar-refractivity contribution is 5.55. The number of likely N-dealkylation sites (N-methyl/N-ethyl adjacent to an activating group) is 1. The molecule has 3 N–H and O–H groups in total. The second kappa shape index (κ2) is 6.10. The lowest BCUT2D eigenvalue weighted by Crippen LogP contribution is -2.43. The molecule has 1 aliphatic rings. The van der Waals surface area contributed by atoms with Crippen LogP contribution in [-0.4, -0.2) is 34.9 Å². The van der Waals surface area contributed by atoms with Crippen molar-refractivity contribution in [3.8, 4) is 5.88 Å². The minimum Gasteiger partial charge on any atom is -0.470 e. The molecule has 5 nitrogen and oxygen atoms in total. The Morgan fingerprint density at radius 1 is 1.29 bits per heavy atom. The summed E-state index contributed by atoms with van der Waals surface area (Å²) in [5, 5.41) is 10.2. The molecule has 0 bridgehead atoms. The molecule has 2 atom stereocenters. The van der Waals surface area contributed by atoms with Crippen molar-refractivity contribution in [2.24, 2.45) is 0 Å². The lowest BCUT2D eigenvalue weighted by atomic mass is 9.91. The monoisotopic (exact) mass is 293 g/mol. The predicted molar refractivity (Wildman–Crippen MR) is 85.7 cm³/mol. The molecule has 0 amide bonds. The Balaban J connectivity index is 2.21. The van der Waals surface area contributed by atoms with Gasteiger partial charge < -0.3 is 20.5 Å². The van der Waals surface area contributed by atoms with E-state index < -0.39 is 0 Å². The number of aliphatic hydroxyl groups excluding tert-OH is 1. The molecular weight excluding hydrogens is 266 g/mol. The van der Waals surface area contributed by atoms with Crippen molar-refractivity contribution in [1.82, 2.24) is 4.98 Å².